The van der Waals surface area contributed by atoms with Crippen molar-refractivity contribution in [2.45, 2.75) is 87.8 Å². The van der Waals surface area contributed by atoms with Crippen LogP contribution in [0, 0.1) is 11.8 Å². The Morgan fingerprint density at radius 1 is 1.19 bits per heavy atom. The average Bonchev–Trinajstić information content (AvgIpc) is 3.41. The second-order valence-corrected chi connectivity index (χ2v) is 12.7. The molecule has 202 valence electrons. The molecule has 1 spiro atoms. The average molecular weight is 520 g/mol. The van der Waals surface area contributed by atoms with Gasteiger partial charge >= 0.3 is 0 Å². The molecule has 3 aliphatic rings. The zero-order chi connectivity index (χ0) is 26.7. The van der Waals surface area contributed by atoms with E-state index in [9.17, 15) is 19.5 Å². The van der Waals surface area contributed by atoms with Crippen molar-refractivity contribution in [2.75, 3.05) is 32.8 Å². The molecule has 3 rings (SSSR count). The topological polar surface area (TPSA) is 81.2 Å². The summed E-state index contributed by atoms with van der Waals surface area (Å²) in [5.41, 5.74) is 0. The third kappa shape index (κ3) is 4.75. The molecular weight excluding hydrogens is 474 g/mol. The highest BCUT2D eigenvalue weighted by Crippen LogP contribution is 2.71. The molecule has 2 bridgehead atoms. The predicted octanol–water partition coefficient (Wildman–Crippen LogP) is 3.48. The lowest BCUT2D eigenvalue weighted by Gasteiger charge is -2.39. The van der Waals surface area contributed by atoms with E-state index < -0.39 is 22.6 Å². The van der Waals surface area contributed by atoms with E-state index in [0.717, 1.165) is 32.1 Å². The highest BCUT2D eigenvalue weighted by Gasteiger charge is 2.77. The predicted molar refractivity (Wildman–Crippen MR) is 145 cm³/mol. The Morgan fingerprint density at radius 2 is 1.89 bits per heavy atom. The van der Waals surface area contributed by atoms with E-state index in [4.69, 9.17) is 0 Å². The molecule has 3 heterocycles. The van der Waals surface area contributed by atoms with Gasteiger partial charge in [0, 0.05) is 43.6 Å². The molecular formula is C28H45N3O4S. The van der Waals surface area contributed by atoms with Crippen molar-refractivity contribution in [1.29, 1.82) is 0 Å². The molecule has 0 aromatic rings. The molecule has 1 N–H and O–H groups in total. The largest absolute Gasteiger partial charge is 0.396 e. The maximum atomic E-state index is 14.3. The molecule has 0 radical (unpaired) electrons. The summed E-state index contributed by atoms with van der Waals surface area (Å²) in [6.45, 7) is 17.8. The summed E-state index contributed by atoms with van der Waals surface area (Å²) in [5.74, 6) is -1.15. The van der Waals surface area contributed by atoms with Crippen molar-refractivity contribution in [1.82, 2.24) is 14.7 Å². The first-order chi connectivity index (χ1) is 17.2. The van der Waals surface area contributed by atoms with Gasteiger partial charge in [0.2, 0.25) is 17.7 Å². The van der Waals surface area contributed by atoms with Gasteiger partial charge in [0.15, 0.2) is 0 Å². The maximum absolute atomic E-state index is 14.3. The van der Waals surface area contributed by atoms with Crippen LogP contribution < -0.4 is 0 Å². The zero-order valence-electron chi connectivity index (χ0n) is 22.6. The summed E-state index contributed by atoms with van der Waals surface area (Å²) >= 11 is 1.71. The lowest BCUT2D eigenvalue weighted by atomic mass is 9.66. The third-order valence-corrected chi connectivity index (χ3v) is 10.3. The van der Waals surface area contributed by atoms with Crippen molar-refractivity contribution in [3.8, 4) is 0 Å². The number of amides is 3. The first-order valence-electron chi connectivity index (χ1n) is 13.6. The Bertz CT molecular complexity index is 866. The van der Waals surface area contributed by atoms with Gasteiger partial charge < -0.3 is 19.8 Å². The van der Waals surface area contributed by atoms with E-state index >= 15 is 0 Å². The van der Waals surface area contributed by atoms with Crippen LogP contribution in [0.1, 0.15) is 66.2 Å². The SMILES string of the molecule is C=CCN(CCC)C(=O)[C@H]1[C@H]2C(=O)N(CCCO)C(C(=O)N(CC=C)C(C)CCC)C23CC[C@]1(C)S3. The van der Waals surface area contributed by atoms with Crippen LogP contribution in [-0.2, 0) is 14.4 Å². The summed E-state index contributed by atoms with van der Waals surface area (Å²) in [5, 5.41) is 9.57. The molecule has 0 aliphatic carbocycles. The third-order valence-electron chi connectivity index (χ3n) is 8.34. The normalized spacial score (nSPS) is 31.3. The summed E-state index contributed by atoms with van der Waals surface area (Å²) in [6.07, 6.45) is 8.08. The first kappa shape index (κ1) is 28.8. The number of aliphatic hydroxyl groups excluding tert-OH is 1. The molecule has 3 fully saturated rings. The Hall–Kier alpha value is -1.80. The maximum Gasteiger partial charge on any atom is 0.247 e. The van der Waals surface area contributed by atoms with Crippen molar-refractivity contribution in [3.63, 3.8) is 0 Å². The molecule has 6 atom stereocenters. The number of rotatable bonds is 14. The number of carbonyl (C=O) groups excluding carboxylic acids is 3. The summed E-state index contributed by atoms with van der Waals surface area (Å²) in [4.78, 5) is 47.8. The van der Waals surface area contributed by atoms with Crippen LogP contribution in [0.4, 0.5) is 0 Å². The van der Waals surface area contributed by atoms with Crippen LogP contribution in [0.2, 0.25) is 0 Å². The molecule has 0 aromatic carbocycles. The van der Waals surface area contributed by atoms with Crippen molar-refractivity contribution >= 4 is 29.5 Å². The number of fused-ring (bicyclic) bond motifs is 1. The van der Waals surface area contributed by atoms with Crippen LogP contribution in [0.3, 0.4) is 0 Å². The number of carbonyl (C=O) groups is 3. The Labute approximate surface area is 221 Å². The fraction of sp³-hybridized carbons (Fsp3) is 0.750. The highest BCUT2D eigenvalue weighted by atomic mass is 32.2. The van der Waals surface area contributed by atoms with Crippen molar-refractivity contribution in [2.24, 2.45) is 11.8 Å². The van der Waals surface area contributed by atoms with E-state index in [2.05, 4.69) is 33.9 Å². The Morgan fingerprint density at radius 3 is 2.47 bits per heavy atom. The van der Waals surface area contributed by atoms with E-state index in [1.54, 1.807) is 28.8 Å². The number of hydrogen-bond acceptors (Lipinski definition) is 5. The molecule has 0 aromatic heterocycles. The number of aliphatic hydroxyl groups is 1. The standard InChI is InChI=1S/C28H45N3O4S/c1-7-12-20(5)30(17-10-4)26(35)23-28-14-13-27(6,36-28)21(24(33)29(15-8-2)16-9-3)22(28)25(34)31(23)18-11-19-32/h8,10,20-23,32H,2,4,7,9,11-19H2,1,3,5-6H3/t20?,21-,22+,23?,27+,28?/m1/s1. The van der Waals surface area contributed by atoms with Crippen LogP contribution in [0.5, 0.6) is 0 Å². The zero-order valence-corrected chi connectivity index (χ0v) is 23.4. The fourth-order valence-electron chi connectivity index (χ4n) is 6.83. The molecule has 3 saturated heterocycles. The van der Waals surface area contributed by atoms with Gasteiger partial charge in [-0.2, -0.15) is 0 Å². The minimum atomic E-state index is -0.635. The lowest BCUT2D eigenvalue weighted by Crippen LogP contribution is -2.56. The van der Waals surface area contributed by atoms with Gasteiger partial charge in [-0.05, 0) is 46.0 Å². The molecule has 8 heteroatoms. The van der Waals surface area contributed by atoms with E-state index in [-0.39, 0.29) is 35.1 Å². The van der Waals surface area contributed by atoms with Crippen LogP contribution in [-0.4, -0.2) is 91.9 Å². The van der Waals surface area contributed by atoms with E-state index in [1.807, 2.05) is 16.7 Å². The first-order valence-corrected chi connectivity index (χ1v) is 14.4. The summed E-state index contributed by atoms with van der Waals surface area (Å²) < 4.78 is -1.01. The molecule has 3 amide bonds. The quantitative estimate of drug-likeness (QED) is 0.356. The number of likely N-dealkylation sites (tertiary alicyclic amines) is 1. The van der Waals surface area contributed by atoms with E-state index in [0.29, 0.717) is 32.6 Å². The van der Waals surface area contributed by atoms with Gasteiger partial charge in [-0.1, -0.05) is 32.4 Å². The highest BCUT2D eigenvalue weighted by molar-refractivity contribution is 8.02. The monoisotopic (exact) mass is 519 g/mol. The molecule has 0 saturated carbocycles. The van der Waals surface area contributed by atoms with Gasteiger partial charge in [0.25, 0.3) is 0 Å². The second-order valence-electron chi connectivity index (χ2n) is 10.8. The molecule has 3 aliphatic heterocycles. The van der Waals surface area contributed by atoms with Crippen LogP contribution in [0.25, 0.3) is 0 Å². The Kier molecular flexibility index (Phi) is 9.36. The molecule has 7 nitrogen and oxygen atoms in total. The minimum absolute atomic E-state index is 0.00387. The number of thioether (sulfide) groups is 1. The van der Waals surface area contributed by atoms with Crippen molar-refractivity contribution in [3.05, 3.63) is 25.3 Å². The minimum Gasteiger partial charge on any atom is -0.396 e. The Balaban J connectivity index is 2.07. The van der Waals surface area contributed by atoms with Gasteiger partial charge in [-0.25, -0.2) is 0 Å². The summed E-state index contributed by atoms with van der Waals surface area (Å²) in [6, 6.07) is -0.612. The van der Waals surface area contributed by atoms with Gasteiger partial charge in [0.05, 0.1) is 16.6 Å². The van der Waals surface area contributed by atoms with Gasteiger partial charge in [0.1, 0.15) is 6.04 Å². The summed E-state index contributed by atoms with van der Waals surface area (Å²) in [7, 11) is 0. The van der Waals surface area contributed by atoms with Crippen LogP contribution >= 0.6 is 11.8 Å². The van der Waals surface area contributed by atoms with Crippen molar-refractivity contribution < 1.29 is 19.5 Å². The van der Waals surface area contributed by atoms with Crippen LogP contribution in [0.15, 0.2) is 25.3 Å². The molecule has 3 unspecified atom stereocenters. The number of nitrogens with zero attached hydrogens (tertiary/aromatic N) is 3. The lowest BCUT2D eigenvalue weighted by molar-refractivity contribution is -0.146. The fourth-order valence-corrected chi connectivity index (χ4v) is 9.18. The number of hydrogen-bond donors (Lipinski definition) is 1. The van der Waals surface area contributed by atoms with Gasteiger partial charge in [-0.3, -0.25) is 14.4 Å². The van der Waals surface area contributed by atoms with E-state index in [1.165, 1.54) is 0 Å². The smallest absolute Gasteiger partial charge is 0.247 e. The second kappa shape index (κ2) is 11.7. The molecule has 36 heavy (non-hydrogen) atoms. The van der Waals surface area contributed by atoms with Gasteiger partial charge in [-0.15, -0.1) is 24.9 Å².